The van der Waals surface area contributed by atoms with Crippen LogP contribution in [0.1, 0.15) is 23.1 Å². The van der Waals surface area contributed by atoms with Gasteiger partial charge in [-0.25, -0.2) is 0 Å². The molecule has 2 heterocycles. The number of rotatable bonds is 8. The van der Waals surface area contributed by atoms with E-state index in [4.69, 9.17) is 23.2 Å². The topological polar surface area (TPSA) is 83.4 Å². The molecule has 1 N–H and O–H groups in total. The lowest BCUT2D eigenvalue weighted by molar-refractivity contribution is -0.129. The van der Waals surface area contributed by atoms with Crippen molar-refractivity contribution >= 4 is 46.8 Å². The Kier molecular flexibility index (Phi) is 8.59. The van der Waals surface area contributed by atoms with Crippen molar-refractivity contribution in [3.8, 4) is 0 Å². The molecular weight excluding hydrogens is 459 g/mol. The zero-order valence-corrected chi connectivity index (χ0v) is 19.9. The zero-order chi connectivity index (χ0) is 22.4. The zero-order valence-electron chi connectivity index (χ0n) is 17.6. The summed E-state index contributed by atoms with van der Waals surface area (Å²) < 4.78 is 1.98. The number of halogens is 2. The van der Waals surface area contributed by atoms with E-state index < -0.39 is 0 Å². The second-order valence-electron chi connectivity index (χ2n) is 7.25. The molecule has 2 amide bonds. The van der Waals surface area contributed by atoms with Gasteiger partial charge in [0.25, 0.3) is 5.91 Å². The molecular formula is C20H26Cl2N6O2S. The van der Waals surface area contributed by atoms with Crippen LogP contribution in [0.4, 0.5) is 0 Å². The Bertz CT molecular complexity index is 930. The van der Waals surface area contributed by atoms with Crippen LogP contribution < -0.4 is 5.32 Å². The van der Waals surface area contributed by atoms with E-state index in [1.165, 1.54) is 11.8 Å². The molecule has 1 aliphatic heterocycles. The molecule has 168 valence electrons. The summed E-state index contributed by atoms with van der Waals surface area (Å²) in [5.41, 5.74) is 0.449. The molecule has 31 heavy (non-hydrogen) atoms. The van der Waals surface area contributed by atoms with E-state index in [1.54, 1.807) is 18.2 Å². The highest BCUT2D eigenvalue weighted by molar-refractivity contribution is 7.99. The first kappa shape index (κ1) is 23.8. The lowest BCUT2D eigenvalue weighted by atomic mass is 10.2. The van der Waals surface area contributed by atoms with Crippen LogP contribution in [0.2, 0.25) is 10.0 Å². The molecule has 0 spiro atoms. The summed E-state index contributed by atoms with van der Waals surface area (Å²) in [6, 6.07) is 4.77. The van der Waals surface area contributed by atoms with Crippen molar-refractivity contribution in [3.05, 3.63) is 39.6 Å². The number of carbonyl (C=O) groups excluding carboxylic acids is 2. The number of hydrogen-bond acceptors (Lipinski definition) is 6. The van der Waals surface area contributed by atoms with E-state index in [0.717, 1.165) is 37.2 Å². The summed E-state index contributed by atoms with van der Waals surface area (Å²) in [4.78, 5) is 28.9. The highest BCUT2D eigenvalue weighted by atomic mass is 35.5. The number of amides is 2. The van der Waals surface area contributed by atoms with Crippen LogP contribution in [0.15, 0.2) is 23.4 Å². The first-order chi connectivity index (χ1) is 14.9. The molecule has 8 nitrogen and oxygen atoms in total. The lowest BCUT2D eigenvalue weighted by Crippen LogP contribution is -2.47. The van der Waals surface area contributed by atoms with Crippen LogP contribution in [0.5, 0.6) is 0 Å². The first-order valence-electron chi connectivity index (χ1n) is 10.1. The van der Waals surface area contributed by atoms with Crippen molar-refractivity contribution in [2.24, 2.45) is 0 Å². The Morgan fingerprint density at radius 1 is 1.13 bits per heavy atom. The molecule has 0 atom stereocenters. The minimum atomic E-state index is -0.228. The monoisotopic (exact) mass is 484 g/mol. The molecule has 0 unspecified atom stereocenters. The summed E-state index contributed by atoms with van der Waals surface area (Å²) in [6.45, 7) is 6.43. The van der Waals surface area contributed by atoms with Crippen molar-refractivity contribution in [2.45, 2.75) is 25.0 Å². The van der Waals surface area contributed by atoms with Crippen molar-refractivity contribution in [2.75, 3.05) is 45.5 Å². The van der Waals surface area contributed by atoms with Crippen molar-refractivity contribution in [1.29, 1.82) is 0 Å². The number of thioether (sulfide) groups is 1. The maximum atomic E-state index is 12.5. The minimum Gasteiger partial charge on any atom is -0.352 e. The number of nitrogens with zero attached hydrogens (tertiary/aromatic N) is 5. The van der Waals surface area contributed by atoms with Crippen LogP contribution in [0, 0.1) is 0 Å². The largest absolute Gasteiger partial charge is 0.352 e. The molecule has 1 fully saturated rings. The Balaban J connectivity index is 1.50. The van der Waals surface area contributed by atoms with Gasteiger partial charge in [-0.05, 0) is 32.2 Å². The molecule has 1 aliphatic rings. The van der Waals surface area contributed by atoms with E-state index in [2.05, 4.69) is 27.5 Å². The third kappa shape index (κ3) is 6.35. The third-order valence-corrected chi connectivity index (χ3v) is 6.80. The van der Waals surface area contributed by atoms with E-state index in [-0.39, 0.29) is 11.8 Å². The van der Waals surface area contributed by atoms with Crippen LogP contribution in [0.3, 0.4) is 0 Å². The van der Waals surface area contributed by atoms with Gasteiger partial charge in [0, 0.05) is 51.3 Å². The SMILES string of the molecule is CCn1c(CCNC(=O)c2ccc(Cl)c(Cl)c2)nnc1SCC(=O)N1CCN(C)CC1. The third-order valence-electron chi connectivity index (χ3n) is 5.11. The summed E-state index contributed by atoms with van der Waals surface area (Å²) >= 11 is 13.3. The fourth-order valence-corrected chi connectivity index (χ4v) is 4.45. The number of benzene rings is 1. The second kappa shape index (κ2) is 11.2. The van der Waals surface area contributed by atoms with E-state index >= 15 is 0 Å². The van der Waals surface area contributed by atoms with Gasteiger partial charge >= 0.3 is 0 Å². The van der Waals surface area contributed by atoms with E-state index in [9.17, 15) is 9.59 Å². The summed E-state index contributed by atoms with van der Waals surface area (Å²) in [7, 11) is 2.06. The van der Waals surface area contributed by atoms with E-state index in [0.29, 0.717) is 40.9 Å². The molecule has 1 saturated heterocycles. The van der Waals surface area contributed by atoms with Crippen molar-refractivity contribution in [3.63, 3.8) is 0 Å². The fourth-order valence-electron chi connectivity index (χ4n) is 3.23. The van der Waals surface area contributed by atoms with Gasteiger partial charge in [0.05, 0.1) is 15.8 Å². The Morgan fingerprint density at radius 3 is 2.55 bits per heavy atom. The van der Waals surface area contributed by atoms with Crippen LogP contribution in [-0.2, 0) is 17.8 Å². The Hall–Kier alpha value is -1.81. The highest BCUT2D eigenvalue weighted by Crippen LogP contribution is 2.22. The van der Waals surface area contributed by atoms with Crippen molar-refractivity contribution < 1.29 is 9.59 Å². The molecule has 0 saturated carbocycles. The molecule has 0 bridgehead atoms. The summed E-state index contributed by atoms with van der Waals surface area (Å²) in [5, 5.41) is 12.8. The Morgan fingerprint density at radius 2 is 1.87 bits per heavy atom. The number of aromatic nitrogens is 3. The average molecular weight is 485 g/mol. The molecule has 0 radical (unpaired) electrons. The van der Waals surface area contributed by atoms with Crippen LogP contribution >= 0.6 is 35.0 Å². The lowest BCUT2D eigenvalue weighted by Gasteiger charge is -2.32. The fraction of sp³-hybridized carbons (Fsp3) is 0.500. The number of nitrogens with one attached hydrogen (secondary N) is 1. The number of hydrogen-bond donors (Lipinski definition) is 1. The Labute approximate surface area is 196 Å². The van der Waals surface area contributed by atoms with E-state index in [1.807, 2.05) is 16.4 Å². The van der Waals surface area contributed by atoms with Crippen molar-refractivity contribution in [1.82, 2.24) is 29.9 Å². The van der Waals surface area contributed by atoms with Crippen LogP contribution in [-0.4, -0.2) is 81.9 Å². The summed E-state index contributed by atoms with van der Waals surface area (Å²) in [6.07, 6.45) is 0.529. The smallest absolute Gasteiger partial charge is 0.251 e. The average Bonchev–Trinajstić information content (AvgIpc) is 3.16. The molecule has 1 aromatic heterocycles. The van der Waals surface area contributed by atoms with Gasteiger partial charge in [-0.2, -0.15) is 0 Å². The molecule has 1 aromatic carbocycles. The number of piperazine rings is 1. The minimum absolute atomic E-state index is 0.124. The maximum Gasteiger partial charge on any atom is 0.251 e. The quantitative estimate of drug-likeness (QED) is 0.579. The highest BCUT2D eigenvalue weighted by Gasteiger charge is 2.20. The maximum absolute atomic E-state index is 12.5. The molecule has 3 rings (SSSR count). The number of carbonyl (C=O) groups is 2. The molecule has 0 aliphatic carbocycles. The summed E-state index contributed by atoms with van der Waals surface area (Å²) in [5.74, 6) is 1.01. The van der Waals surface area contributed by atoms with Gasteiger partial charge in [-0.1, -0.05) is 35.0 Å². The normalized spacial score (nSPS) is 14.6. The predicted molar refractivity (Wildman–Crippen MR) is 123 cm³/mol. The molecule has 11 heteroatoms. The van der Waals surface area contributed by atoms with Gasteiger partial charge < -0.3 is 19.7 Å². The van der Waals surface area contributed by atoms with Crippen LogP contribution in [0.25, 0.3) is 0 Å². The number of likely N-dealkylation sites (N-methyl/N-ethyl adjacent to an activating group) is 1. The molecule has 2 aromatic rings. The second-order valence-corrected chi connectivity index (χ2v) is 9.01. The van der Waals surface area contributed by atoms with Gasteiger partial charge in [-0.3, -0.25) is 9.59 Å². The van der Waals surface area contributed by atoms with Gasteiger partial charge in [0.1, 0.15) is 5.82 Å². The van der Waals surface area contributed by atoms with Gasteiger partial charge in [-0.15, -0.1) is 10.2 Å². The van der Waals surface area contributed by atoms with Gasteiger partial charge in [0.2, 0.25) is 5.91 Å². The standard InChI is InChI=1S/C20H26Cl2N6O2S/c1-3-28-17(6-7-23-19(30)14-4-5-15(21)16(22)12-14)24-25-20(28)31-13-18(29)27-10-8-26(2)9-11-27/h4-5,12H,3,6-11,13H2,1-2H3,(H,23,30). The first-order valence-corrected chi connectivity index (χ1v) is 11.9. The predicted octanol–water partition coefficient (Wildman–Crippen LogP) is 2.44. The van der Waals surface area contributed by atoms with Gasteiger partial charge in [0.15, 0.2) is 5.16 Å².